The molecule has 0 aliphatic rings. The van der Waals surface area contributed by atoms with Crippen molar-refractivity contribution in [1.82, 2.24) is 9.71 Å². The van der Waals surface area contributed by atoms with Crippen LogP contribution < -0.4 is 10.5 Å². The summed E-state index contributed by atoms with van der Waals surface area (Å²) in [5, 5.41) is 8.92. The van der Waals surface area contributed by atoms with Gasteiger partial charge in [-0.05, 0) is 25.3 Å². The molecule has 0 aliphatic heterocycles. The minimum atomic E-state index is -3.63. The Kier molecular flexibility index (Phi) is 5.39. The molecule has 1 aromatic heterocycles. The van der Waals surface area contributed by atoms with E-state index >= 15 is 0 Å². The number of hydrogen-bond donors (Lipinski definition) is 3. The third kappa shape index (κ3) is 3.84. The Hall–Kier alpha value is -0.830. The Labute approximate surface area is 111 Å². The largest absolute Gasteiger partial charge is 0.395 e. The second-order valence-electron chi connectivity index (χ2n) is 3.79. The zero-order valence-corrected chi connectivity index (χ0v) is 11.8. The molecule has 6 nitrogen and oxygen atoms in total. The molecular formula is C10H17N3O3S2. The molecular weight excluding hydrogens is 274 g/mol. The quantitative estimate of drug-likeness (QED) is 0.684. The molecule has 18 heavy (non-hydrogen) atoms. The highest BCUT2D eigenvalue weighted by atomic mass is 32.2. The molecule has 102 valence electrons. The van der Waals surface area contributed by atoms with Crippen molar-refractivity contribution in [2.24, 2.45) is 0 Å². The number of aliphatic hydroxyl groups excluding tert-OH is 1. The lowest BCUT2D eigenvalue weighted by molar-refractivity contribution is 0.282. The van der Waals surface area contributed by atoms with Crippen molar-refractivity contribution < 1.29 is 13.5 Å². The summed E-state index contributed by atoms with van der Waals surface area (Å²) in [7, 11) is -3.63. The smallest absolute Gasteiger partial charge is 0.242 e. The van der Waals surface area contributed by atoms with E-state index in [4.69, 9.17) is 10.8 Å². The summed E-state index contributed by atoms with van der Waals surface area (Å²) in [6.45, 7) is 1.62. The maximum atomic E-state index is 12.0. The molecule has 0 saturated heterocycles. The van der Waals surface area contributed by atoms with E-state index in [0.29, 0.717) is 0 Å². The maximum Gasteiger partial charge on any atom is 0.242 e. The van der Waals surface area contributed by atoms with Gasteiger partial charge in [-0.25, -0.2) is 18.1 Å². The van der Waals surface area contributed by atoms with Crippen LogP contribution in [0.2, 0.25) is 0 Å². The molecule has 0 fully saturated rings. The fourth-order valence-electron chi connectivity index (χ4n) is 1.38. The molecule has 0 spiro atoms. The molecule has 0 saturated carbocycles. The SMILES string of the molecule is CSC(CO)C(C)NS(=O)(=O)c1ccc(N)nc1. The number of pyridine rings is 1. The van der Waals surface area contributed by atoms with E-state index in [1.165, 1.54) is 30.1 Å². The lowest BCUT2D eigenvalue weighted by Gasteiger charge is -2.21. The first-order valence-corrected chi connectivity index (χ1v) is 8.05. The van der Waals surface area contributed by atoms with Crippen LogP contribution in [0.4, 0.5) is 5.82 Å². The molecule has 1 heterocycles. The number of aliphatic hydroxyl groups is 1. The highest BCUT2D eigenvalue weighted by molar-refractivity contribution is 7.99. The third-order valence-corrected chi connectivity index (χ3v) is 5.16. The summed E-state index contributed by atoms with van der Waals surface area (Å²) in [5.41, 5.74) is 5.40. The second-order valence-corrected chi connectivity index (χ2v) is 6.58. The summed E-state index contributed by atoms with van der Waals surface area (Å²) in [6, 6.07) is 2.44. The van der Waals surface area contributed by atoms with Crippen molar-refractivity contribution >= 4 is 27.6 Å². The van der Waals surface area contributed by atoms with Crippen molar-refractivity contribution in [3.05, 3.63) is 18.3 Å². The van der Waals surface area contributed by atoms with Crippen molar-refractivity contribution in [1.29, 1.82) is 0 Å². The molecule has 1 rings (SSSR count). The van der Waals surface area contributed by atoms with Crippen LogP contribution in [0.15, 0.2) is 23.2 Å². The van der Waals surface area contributed by atoms with E-state index < -0.39 is 10.0 Å². The van der Waals surface area contributed by atoms with E-state index in [1.54, 1.807) is 6.92 Å². The molecule has 0 radical (unpaired) electrons. The minimum absolute atomic E-state index is 0.0568. The maximum absolute atomic E-state index is 12.0. The molecule has 0 amide bonds. The van der Waals surface area contributed by atoms with Crippen LogP contribution in [-0.2, 0) is 10.0 Å². The predicted octanol–water partition coefficient (Wildman–Crippen LogP) is 0.0545. The Balaban J connectivity index is 2.85. The molecule has 0 aromatic carbocycles. The van der Waals surface area contributed by atoms with Gasteiger partial charge in [0.1, 0.15) is 10.7 Å². The lowest BCUT2D eigenvalue weighted by atomic mass is 10.3. The van der Waals surface area contributed by atoms with Gasteiger partial charge in [-0.2, -0.15) is 11.8 Å². The minimum Gasteiger partial charge on any atom is -0.395 e. The van der Waals surface area contributed by atoms with Crippen LogP contribution >= 0.6 is 11.8 Å². The highest BCUT2D eigenvalue weighted by Crippen LogP contribution is 2.14. The number of sulfonamides is 1. The van der Waals surface area contributed by atoms with Gasteiger partial charge < -0.3 is 10.8 Å². The third-order valence-electron chi connectivity index (χ3n) is 2.45. The van der Waals surface area contributed by atoms with Crippen molar-refractivity contribution in [2.75, 3.05) is 18.6 Å². The van der Waals surface area contributed by atoms with E-state index in [2.05, 4.69) is 9.71 Å². The highest BCUT2D eigenvalue weighted by Gasteiger charge is 2.22. The molecule has 2 unspecified atom stereocenters. The zero-order chi connectivity index (χ0) is 13.8. The fourth-order valence-corrected chi connectivity index (χ4v) is 3.32. The van der Waals surface area contributed by atoms with Gasteiger partial charge in [-0.1, -0.05) is 0 Å². The topological polar surface area (TPSA) is 105 Å². The average molecular weight is 291 g/mol. The van der Waals surface area contributed by atoms with E-state index in [1.807, 2.05) is 6.26 Å². The average Bonchev–Trinajstić information content (AvgIpc) is 2.30. The van der Waals surface area contributed by atoms with Gasteiger partial charge in [0.15, 0.2) is 0 Å². The Bertz CT molecular complexity index is 472. The van der Waals surface area contributed by atoms with E-state index in [9.17, 15) is 8.42 Å². The van der Waals surface area contributed by atoms with Crippen LogP contribution in [0.5, 0.6) is 0 Å². The van der Waals surface area contributed by atoms with Crippen molar-refractivity contribution in [3.8, 4) is 0 Å². The summed E-state index contributed by atoms with van der Waals surface area (Å²) >= 11 is 1.40. The van der Waals surface area contributed by atoms with Gasteiger partial charge in [0.05, 0.1) is 6.61 Å². The van der Waals surface area contributed by atoms with Crippen LogP contribution in [0, 0.1) is 0 Å². The number of aromatic nitrogens is 1. The molecule has 8 heteroatoms. The lowest BCUT2D eigenvalue weighted by Crippen LogP contribution is -2.41. The first-order chi connectivity index (χ1) is 8.40. The molecule has 4 N–H and O–H groups in total. The van der Waals surface area contributed by atoms with Crippen molar-refractivity contribution in [3.63, 3.8) is 0 Å². The normalized spacial score (nSPS) is 15.3. The number of thioether (sulfide) groups is 1. The first kappa shape index (κ1) is 15.2. The number of nitrogens with zero attached hydrogens (tertiary/aromatic N) is 1. The fraction of sp³-hybridized carbons (Fsp3) is 0.500. The number of hydrogen-bond acceptors (Lipinski definition) is 6. The number of nitrogens with one attached hydrogen (secondary N) is 1. The number of rotatable bonds is 6. The summed E-state index contributed by atoms with van der Waals surface area (Å²) < 4.78 is 26.5. The first-order valence-electron chi connectivity index (χ1n) is 5.28. The predicted molar refractivity (Wildman–Crippen MR) is 72.8 cm³/mol. The second kappa shape index (κ2) is 6.37. The van der Waals surface area contributed by atoms with E-state index in [-0.39, 0.29) is 28.6 Å². The van der Waals surface area contributed by atoms with Gasteiger partial charge >= 0.3 is 0 Å². The van der Waals surface area contributed by atoms with Crippen LogP contribution in [-0.4, -0.2) is 42.7 Å². The van der Waals surface area contributed by atoms with Gasteiger partial charge in [0.25, 0.3) is 0 Å². The standard InChI is InChI=1S/C10H17N3O3S2/c1-7(9(6-14)17-2)13-18(15,16)8-3-4-10(11)12-5-8/h3-5,7,9,13-14H,6H2,1-2H3,(H2,11,12). The Morgan fingerprint density at radius 3 is 2.67 bits per heavy atom. The molecule has 2 atom stereocenters. The number of nitrogen functional groups attached to an aromatic ring is 1. The Morgan fingerprint density at radius 2 is 2.22 bits per heavy atom. The summed E-state index contributed by atoms with van der Waals surface area (Å²) in [5.74, 6) is 0.263. The monoisotopic (exact) mass is 291 g/mol. The van der Waals surface area contributed by atoms with Crippen LogP contribution in [0.25, 0.3) is 0 Å². The molecule has 0 aliphatic carbocycles. The van der Waals surface area contributed by atoms with Gasteiger partial charge in [-0.3, -0.25) is 0 Å². The summed E-state index contributed by atoms with van der Waals surface area (Å²) in [4.78, 5) is 3.80. The van der Waals surface area contributed by atoms with Gasteiger partial charge in [-0.15, -0.1) is 0 Å². The molecule has 1 aromatic rings. The zero-order valence-electron chi connectivity index (χ0n) is 10.2. The van der Waals surface area contributed by atoms with Crippen LogP contribution in [0.1, 0.15) is 6.92 Å². The van der Waals surface area contributed by atoms with Crippen molar-refractivity contribution in [2.45, 2.75) is 23.1 Å². The summed E-state index contributed by atoms with van der Waals surface area (Å²) in [6.07, 6.45) is 3.02. The van der Waals surface area contributed by atoms with Gasteiger partial charge in [0, 0.05) is 17.5 Å². The van der Waals surface area contributed by atoms with Crippen LogP contribution in [0.3, 0.4) is 0 Å². The molecule has 0 bridgehead atoms. The number of anilines is 1. The van der Waals surface area contributed by atoms with Gasteiger partial charge in [0.2, 0.25) is 10.0 Å². The van der Waals surface area contributed by atoms with E-state index in [0.717, 1.165) is 0 Å². The number of nitrogens with two attached hydrogens (primary N) is 1. The Morgan fingerprint density at radius 1 is 1.56 bits per heavy atom.